The van der Waals surface area contributed by atoms with E-state index in [-0.39, 0.29) is 5.91 Å². The SMILES string of the molecule is C=CCOc1ccc(-c2nn(-c3ccccc3)cc2/C=C2\SC(=S)N(C[C@@H](CC)CCCC)C2=O)cc1C. The highest BCUT2D eigenvalue weighted by Gasteiger charge is 2.33. The van der Waals surface area contributed by atoms with Crippen molar-refractivity contribution >= 4 is 40.3 Å². The first-order valence-corrected chi connectivity index (χ1v) is 14.4. The standard InChI is InChI=1S/C31H35N3O2S2/c1-5-8-12-23(7-3)20-33-30(35)28(38-31(33)37)19-25-21-34(26-13-10-9-11-14-26)32-29(25)24-15-16-27(22(4)18-24)36-17-6-2/h6,9-11,13-16,18-19,21,23H,2,5,7-8,12,17,20H2,1,3-4H3/b28-19-/t23-/m0/s1. The van der Waals surface area contributed by atoms with Crippen molar-refractivity contribution in [1.82, 2.24) is 14.7 Å². The molecule has 1 aromatic heterocycles. The molecule has 3 aromatic rings. The third kappa shape index (κ3) is 6.45. The maximum absolute atomic E-state index is 13.5. The van der Waals surface area contributed by atoms with Gasteiger partial charge < -0.3 is 4.74 Å². The highest BCUT2D eigenvalue weighted by Crippen LogP contribution is 2.36. The molecule has 4 rings (SSSR count). The van der Waals surface area contributed by atoms with Crippen LogP contribution in [-0.2, 0) is 4.79 Å². The van der Waals surface area contributed by atoms with E-state index < -0.39 is 0 Å². The summed E-state index contributed by atoms with van der Waals surface area (Å²) in [6, 6.07) is 16.0. The van der Waals surface area contributed by atoms with Gasteiger partial charge in [0.1, 0.15) is 22.4 Å². The fraction of sp³-hybridized carbons (Fsp3) is 0.323. The highest BCUT2D eigenvalue weighted by atomic mass is 32.2. The van der Waals surface area contributed by atoms with Crippen LogP contribution in [0.15, 0.2) is 72.3 Å². The molecular formula is C31H35N3O2S2. The van der Waals surface area contributed by atoms with E-state index in [1.807, 2.05) is 66.3 Å². The molecule has 0 unspecified atom stereocenters. The van der Waals surface area contributed by atoms with Crippen LogP contribution in [0.3, 0.4) is 0 Å². The van der Waals surface area contributed by atoms with Crippen molar-refractivity contribution in [2.24, 2.45) is 5.92 Å². The van der Waals surface area contributed by atoms with Gasteiger partial charge >= 0.3 is 0 Å². The zero-order valence-electron chi connectivity index (χ0n) is 22.4. The molecule has 1 amide bonds. The Morgan fingerprint density at radius 2 is 1.97 bits per heavy atom. The maximum Gasteiger partial charge on any atom is 0.266 e. The van der Waals surface area contributed by atoms with Gasteiger partial charge in [-0.1, -0.05) is 87.9 Å². The van der Waals surface area contributed by atoms with Crippen LogP contribution in [0.5, 0.6) is 5.75 Å². The second-order valence-electron chi connectivity index (χ2n) is 9.50. The number of nitrogens with zero attached hydrogens (tertiary/aromatic N) is 3. The molecule has 1 saturated heterocycles. The van der Waals surface area contributed by atoms with Crippen molar-refractivity contribution < 1.29 is 9.53 Å². The van der Waals surface area contributed by atoms with Crippen LogP contribution < -0.4 is 4.74 Å². The molecule has 2 aromatic carbocycles. The first kappa shape index (κ1) is 27.9. The summed E-state index contributed by atoms with van der Waals surface area (Å²) in [5, 5.41) is 4.93. The molecule has 0 spiro atoms. The van der Waals surface area contributed by atoms with Crippen molar-refractivity contribution in [3.8, 4) is 22.7 Å². The number of hydrogen-bond donors (Lipinski definition) is 0. The molecule has 198 valence electrons. The number of ether oxygens (including phenoxy) is 1. The molecular weight excluding hydrogens is 510 g/mol. The summed E-state index contributed by atoms with van der Waals surface area (Å²) < 4.78 is 8.26. The molecule has 1 aliphatic heterocycles. The van der Waals surface area contributed by atoms with Crippen LogP contribution in [0.4, 0.5) is 0 Å². The number of carbonyl (C=O) groups is 1. The van der Waals surface area contributed by atoms with E-state index in [1.165, 1.54) is 18.2 Å². The Balaban J connectivity index is 1.69. The van der Waals surface area contributed by atoms with Gasteiger partial charge in [0.25, 0.3) is 5.91 Å². The summed E-state index contributed by atoms with van der Waals surface area (Å²) in [7, 11) is 0. The number of thioether (sulfide) groups is 1. The lowest BCUT2D eigenvalue weighted by Crippen LogP contribution is -2.33. The summed E-state index contributed by atoms with van der Waals surface area (Å²) in [5.74, 6) is 1.25. The van der Waals surface area contributed by atoms with Gasteiger partial charge in [0.15, 0.2) is 0 Å². The van der Waals surface area contributed by atoms with E-state index in [0.717, 1.165) is 53.1 Å². The number of rotatable bonds is 12. The van der Waals surface area contributed by atoms with E-state index in [2.05, 4.69) is 26.5 Å². The predicted molar refractivity (Wildman–Crippen MR) is 163 cm³/mol. The molecule has 0 radical (unpaired) electrons. The Bertz CT molecular complexity index is 1330. The van der Waals surface area contributed by atoms with Crippen LogP contribution in [0.1, 0.15) is 50.7 Å². The minimum atomic E-state index is -0.0160. The number of aryl methyl sites for hydroxylation is 1. The Hall–Kier alpha value is -3.16. The molecule has 1 fully saturated rings. The molecule has 1 aliphatic rings. The molecule has 2 heterocycles. The monoisotopic (exact) mass is 545 g/mol. The molecule has 1 atom stereocenters. The predicted octanol–water partition coefficient (Wildman–Crippen LogP) is 7.83. The fourth-order valence-corrected chi connectivity index (χ4v) is 5.78. The Kier molecular flexibility index (Phi) is 9.58. The zero-order chi connectivity index (χ0) is 27.1. The average Bonchev–Trinajstić information content (AvgIpc) is 3.46. The van der Waals surface area contributed by atoms with Crippen LogP contribution in [-0.4, -0.2) is 38.1 Å². The van der Waals surface area contributed by atoms with Gasteiger partial charge in [0.05, 0.1) is 10.6 Å². The number of para-hydroxylation sites is 1. The van der Waals surface area contributed by atoms with Crippen molar-refractivity contribution in [3.05, 3.63) is 83.4 Å². The molecule has 38 heavy (non-hydrogen) atoms. The van der Waals surface area contributed by atoms with E-state index >= 15 is 0 Å². The summed E-state index contributed by atoms with van der Waals surface area (Å²) in [4.78, 5) is 15.9. The lowest BCUT2D eigenvalue weighted by Gasteiger charge is -2.21. The number of carbonyl (C=O) groups excluding carboxylic acids is 1. The van der Waals surface area contributed by atoms with Crippen LogP contribution in [0, 0.1) is 12.8 Å². The van der Waals surface area contributed by atoms with E-state index in [9.17, 15) is 4.79 Å². The van der Waals surface area contributed by atoms with Crippen molar-refractivity contribution in [2.75, 3.05) is 13.2 Å². The first-order valence-electron chi connectivity index (χ1n) is 13.2. The molecule has 0 saturated carbocycles. The minimum Gasteiger partial charge on any atom is -0.489 e. The lowest BCUT2D eigenvalue weighted by molar-refractivity contribution is -0.122. The number of unbranched alkanes of at least 4 members (excludes halogenated alkanes) is 1. The van der Waals surface area contributed by atoms with Gasteiger partial charge in [-0.3, -0.25) is 9.69 Å². The third-order valence-electron chi connectivity index (χ3n) is 6.71. The molecule has 0 N–H and O–H groups in total. The second-order valence-corrected chi connectivity index (χ2v) is 11.2. The zero-order valence-corrected chi connectivity index (χ0v) is 24.0. The smallest absolute Gasteiger partial charge is 0.266 e. The van der Waals surface area contributed by atoms with E-state index in [1.54, 1.807) is 11.0 Å². The quantitative estimate of drug-likeness (QED) is 0.132. The Labute approximate surface area is 235 Å². The largest absolute Gasteiger partial charge is 0.489 e. The van der Waals surface area contributed by atoms with Gasteiger partial charge in [0, 0.05) is 23.9 Å². The third-order valence-corrected chi connectivity index (χ3v) is 8.09. The summed E-state index contributed by atoms with van der Waals surface area (Å²) >= 11 is 7.03. The summed E-state index contributed by atoms with van der Waals surface area (Å²) in [6.07, 6.45) is 10.1. The minimum absolute atomic E-state index is 0.0160. The lowest BCUT2D eigenvalue weighted by atomic mass is 9.99. The summed E-state index contributed by atoms with van der Waals surface area (Å²) in [5.41, 5.74) is 4.58. The van der Waals surface area contributed by atoms with Crippen LogP contribution >= 0.6 is 24.0 Å². The van der Waals surface area contributed by atoms with Crippen LogP contribution in [0.25, 0.3) is 23.0 Å². The van der Waals surface area contributed by atoms with Crippen LogP contribution in [0.2, 0.25) is 0 Å². The van der Waals surface area contributed by atoms with Gasteiger partial charge in [0.2, 0.25) is 0 Å². The van der Waals surface area contributed by atoms with Gasteiger partial charge in [-0.15, -0.1) is 0 Å². The van der Waals surface area contributed by atoms with E-state index in [0.29, 0.717) is 28.3 Å². The Morgan fingerprint density at radius 3 is 2.66 bits per heavy atom. The number of hydrogen-bond acceptors (Lipinski definition) is 5. The Morgan fingerprint density at radius 1 is 1.18 bits per heavy atom. The van der Waals surface area contributed by atoms with Gasteiger partial charge in [-0.2, -0.15) is 5.10 Å². The molecule has 0 aliphatic carbocycles. The molecule has 0 bridgehead atoms. The van der Waals surface area contributed by atoms with Crippen molar-refractivity contribution in [3.63, 3.8) is 0 Å². The van der Waals surface area contributed by atoms with Crippen molar-refractivity contribution in [2.45, 2.75) is 46.5 Å². The average molecular weight is 546 g/mol. The molecule has 7 heteroatoms. The maximum atomic E-state index is 13.5. The second kappa shape index (κ2) is 13.1. The summed E-state index contributed by atoms with van der Waals surface area (Å²) in [6.45, 7) is 11.3. The van der Waals surface area contributed by atoms with Crippen molar-refractivity contribution in [1.29, 1.82) is 0 Å². The number of amides is 1. The topological polar surface area (TPSA) is 47.4 Å². The van der Waals surface area contributed by atoms with E-state index in [4.69, 9.17) is 22.1 Å². The first-order chi connectivity index (χ1) is 18.4. The number of benzene rings is 2. The van der Waals surface area contributed by atoms with Gasteiger partial charge in [-0.25, -0.2) is 4.68 Å². The number of thiocarbonyl (C=S) groups is 1. The number of aromatic nitrogens is 2. The fourth-order valence-electron chi connectivity index (χ4n) is 4.51. The highest BCUT2D eigenvalue weighted by molar-refractivity contribution is 8.26. The normalized spacial score (nSPS) is 15.3. The van der Waals surface area contributed by atoms with Gasteiger partial charge in [-0.05, 0) is 61.2 Å². The molecule has 5 nitrogen and oxygen atoms in total.